The second-order valence-electron chi connectivity index (χ2n) is 5.65. The Kier molecular flexibility index (Phi) is 7.37. The number of amides is 1. The van der Waals surface area contributed by atoms with Crippen LogP contribution in [-0.2, 0) is 14.3 Å². The summed E-state index contributed by atoms with van der Waals surface area (Å²) < 4.78 is 11.1. The van der Waals surface area contributed by atoms with E-state index >= 15 is 0 Å². The third-order valence-corrected chi connectivity index (χ3v) is 4.81. The maximum absolute atomic E-state index is 12.6. The van der Waals surface area contributed by atoms with Crippen LogP contribution in [0.3, 0.4) is 0 Å². The number of carbonyl (C=O) groups excluding carboxylic acids is 2. The molecule has 0 spiro atoms. The highest BCUT2D eigenvalue weighted by atomic mass is 32.2. The van der Waals surface area contributed by atoms with Gasteiger partial charge < -0.3 is 14.8 Å². The van der Waals surface area contributed by atoms with Crippen LogP contribution in [-0.4, -0.2) is 36.6 Å². The van der Waals surface area contributed by atoms with Gasteiger partial charge in [-0.25, -0.2) is 4.79 Å². The zero-order valence-corrected chi connectivity index (χ0v) is 15.8. The Hall–Kier alpha value is -1.95. The zero-order valence-electron chi connectivity index (χ0n) is 15.0. The standard InChI is InChI=1S/C19H25NO4S/c1-4-23-16-9-7-6-8-14(16)15-12-17(21)20-13(3)18(15)19(22)24-10-11-25-5-2/h6-9,15H,4-5,10-12H2,1-3H3,(H,20,21)/t15-/m1/s1. The highest BCUT2D eigenvalue weighted by molar-refractivity contribution is 7.99. The first kappa shape index (κ1) is 19.4. The second kappa shape index (κ2) is 9.51. The van der Waals surface area contributed by atoms with Gasteiger partial charge >= 0.3 is 5.97 Å². The summed E-state index contributed by atoms with van der Waals surface area (Å²) in [5, 5.41) is 2.76. The van der Waals surface area contributed by atoms with Crippen molar-refractivity contribution in [3.63, 3.8) is 0 Å². The van der Waals surface area contributed by atoms with Crippen LogP contribution in [0.25, 0.3) is 0 Å². The number of ether oxygens (including phenoxy) is 2. The van der Waals surface area contributed by atoms with Gasteiger partial charge in [0, 0.05) is 29.4 Å². The molecule has 1 heterocycles. The Morgan fingerprint density at radius 2 is 2.08 bits per heavy atom. The first-order valence-corrected chi connectivity index (χ1v) is 9.71. The number of nitrogens with one attached hydrogen (secondary N) is 1. The van der Waals surface area contributed by atoms with E-state index in [9.17, 15) is 9.59 Å². The lowest BCUT2D eigenvalue weighted by Gasteiger charge is -2.27. The van der Waals surface area contributed by atoms with E-state index in [0.29, 0.717) is 30.2 Å². The Labute approximate surface area is 153 Å². The monoisotopic (exact) mass is 363 g/mol. The fourth-order valence-corrected chi connectivity index (χ4v) is 3.40. The molecule has 6 heteroatoms. The summed E-state index contributed by atoms with van der Waals surface area (Å²) >= 11 is 1.72. The van der Waals surface area contributed by atoms with Crippen molar-refractivity contribution in [2.24, 2.45) is 0 Å². The molecule has 1 aromatic rings. The summed E-state index contributed by atoms with van der Waals surface area (Å²) in [4.78, 5) is 24.7. The van der Waals surface area contributed by atoms with Gasteiger partial charge in [-0.2, -0.15) is 11.8 Å². The minimum atomic E-state index is -0.370. The lowest BCUT2D eigenvalue weighted by atomic mass is 9.84. The Morgan fingerprint density at radius 3 is 2.80 bits per heavy atom. The average Bonchev–Trinajstić information content (AvgIpc) is 2.58. The minimum absolute atomic E-state index is 0.105. The number of hydrogen-bond donors (Lipinski definition) is 1. The lowest BCUT2D eigenvalue weighted by Crippen LogP contribution is -2.34. The molecule has 2 rings (SSSR count). The van der Waals surface area contributed by atoms with Gasteiger partial charge in [0.15, 0.2) is 0 Å². The SMILES string of the molecule is CCOc1ccccc1[C@H]1CC(=O)NC(C)=C1C(=O)OCCSCC. The normalized spacial score (nSPS) is 17.2. The van der Waals surface area contributed by atoms with Crippen LogP contribution in [0.2, 0.25) is 0 Å². The van der Waals surface area contributed by atoms with E-state index in [1.165, 1.54) is 0 Å². The first-order valence-electron chi connectivity index (χ1n) is 8.55. The molecule has 5 nitrogen and oxygen atoms in total. The van der Waals surface area contributed by atoms with E-state index in [0.717, 1.165) is 17.1 Å². The molecule has 25 heavy (non-hydrogen) atoms. The molecule has 1 aliphatic heterocycles. The maximum atomic E-state index is 12.6. The van der Waals surface area contributed by atoms with Crippen molar-refractivity contribution in [1.82, 2.24) is 5.32 Å². The molecule has 0 fully saturated rings. The van der Waals surface area contributed by atoms with Crippen LogP contribution in [0.15, 0.2) is 35.5 Å². The Balaban J connectivity index is 2.29. The Morgan fingerprint density at radius 1 is 1.32 bits per heavy atom. The van der Waals surface area contributed by atoms with Crippen molar-refractivity contribution in [2.75, 3.05) is 24.7 Å². The zero-order chi connectivity index (χ0) is 18.2. The van der Waals surface area contributed by atoms with Crippen molar-refractivity contribution in [3.05, 3.63) is 41.1 Å². The molecule has 136 valence electrons. The van der Waals surface area contributed by atoms with E-state index < -0.39 is 0 Å². The molecule has 1 N–H and O–H groups in total. The highest BCUT2D eigenvalue weighted by Crippen LogP contribution is 2.38. The minimum Gasteiger partial charge on any atom is -0.494 e. The second-order valence-corrected chi connectivity index (χ2v) is 7.04. The molecule has 0 radical (unpaired) electrons. The first-order chi connectivity index (χ1) is 12.1. The van der Waals surface area contributed by atoms with Gasteiger partial charge in [-0.3, -0.25) is 4.79 Å². The number of para-hydroxylation sites is 1. The summed E-state index contributed by atoms with van der Waals surface area (Å²) in [5.41, 5.74) is 1.90. The molecule has 1 amide bonds. The van der Waals surface area contributed by atoms with Crippen molar-refractivity contribution < 1.29 is 19.1 Å². The number of allylic oxidation sites excluding steroid dienone is 1. The van der Waals surface area contributed by atoms with Crippen LogP contribution in [0.5, 0.6) is 5.75 Å². The van der Waals surface area contributed by atoms with Gasteiger partial charge in [-0.05, 0) is 25.7 Å². The molecule has 0 saturated carbocycles. The molecular formula is C19H25NO4S. The molecule has 0 aliphatic carbocycles. The van der Waals surface area contributed by atoms with E-state index in [1.54, 1.807) is 18.7 Å². The quantitative estimate of drug-likeness (QED) is 0.567. The predicted molar refractivity (Wildman–Crippen MR) is 99.8 cm³/mol. The summed E-state index contributed by atoms with van der Waals surface area (Å²) in [6, 6.07) is 7.54. The third-order valence-electron chi connectivity index (χ3n) is 3.95. The van der Waals surface area contributed by atoms with Crippen LogP contribution < -0.4 is 10.1 Å². The summed E-state index contributed by atoms with van der Waals surface area (Å²) in [5.74, 6) is 1.62. The van der Waals surface area contributed by atoms with Crippen LogP contribution in [0.1, 0.15) is 38.7 Å². The lowest BCUT2D eigenvalue weighted by molar-refractivity contribution is -0.139. The average molecular weight is 363 g/mol. The molecule has 0 unspecified atom stereocenters. The summed E-state index contributed by atoms with van der Waals surface area (Å²) in [6.45, 7) is 6.60. The van der Waals surface area contributed by atoms with Gasteiger partial charge in [-0.15, -0.1) is 0 Å². The smallest absolute Gasteiger partial charge is 0.336 e. The number of benzene rings is 1. The number of carbonyl (C=O) groups is 2. The predicted octanol–water partition coefficient (Wildman–Crippen LogP) is 3.26. The number of hydrogen-bond acceptors (Lipinski definition) is 5. The molecule has 0 bridgehead atoms. The fourth-order valence-electron chi connectivity index (χ4n) is 2.91. The molecule has 1 aliphatic rings. The number of esters is 1. The van der Waals surface area contributed by atoms with Crippen LogP contribution in [0.4, 0.5) is 0 Å². The fraction of sp³-hybridized carbons (Fsp3) is 0.474. The van der Waals surface area contributed by atoms with Gasteiger partial charge in [0.1, 0.15) is 12.4 Å². The molecule has 1 atom stereocenters. The topological polar surface area (TPSA) is 64.6 Å². The molecule has 0 saturated heterocycles. The van der Waals surface area contributed by atoms with E-state index in [4.69, 9.17) is 9.47 Å². The highest BCUT2D eigenvalue weighted by Gasteiger charge is 2.34. The largest absolute Gasteiger partial charge is 0.494 e. The molecular weight excluding hydrogens is 338 g/mol. The van der Waals surface area contributed by atoms with Gasteiger partial charge in [0.2, 0.25) is 5.91 Å². The van der Waals surface area contributed by atoms with Gasteiger partial charge in [0.25, 0.3) is 0 Å². The maximum Gasteiger partial charge on any atom is 0.336 e. The van der Waals surface area contributed by atoms with Crippen molar-refractivity contribution in [2.45, 2.75) is 33.1 Å². The van der Waals surface area contributed by atoms with Crippen molar-refractivity contribution in [3.8, 4) is 5.75 Å². The van der Waals surface area contributed by atoms with Crippen LogP contribution in [0, 0.1) is 0 Å². The molecule has 1 aromatic carbocycles. The summed E-state index contributed by atoms with van der Waals surface area (Å²) in [6.07, 6.45) is 0.204. The van der Waals surface area contributed by atoms with E-state index in [1.807, 2.05) is 31.2 Å². The number of thioether (sulfide) groups is 1. The van der Waals surface area contributed by atoms with Gasteiger partial charge in [-0.1, -0.05) is 25.1 Å². The number of rotatable bonds is 8. The van der Waals surface area contributed by atoms with E-state index in [2.05, 4.69) is 12.2 Å². The summed E-state index contributed by atoms with van der Waals surface area (Å²) in [7, 11) is 0. The third kappa shape index (κ3) is 5.01. The van der Waals surface area contributed by atoms with Gasteiger partial charge in [0.05, 0.1) is 12.2 Å². The van der Waals surface area contributed by atoms with Crippen molar-refractivity contribution >= 4 is 23.6 Å². The van der Waals surface area contributed by atoms with E-state index in [-0.39, 0.29) is 24.2 Å². The van der Waals surface area contributed by atoms with Crippen molar-refractivity contribution in [1.29, 1.82) is 0 Å². The Bertz CT molecular complexity index is 657. The van der Waals surface area contributed by atoms with Crippen LogP contribution >= 0.6 is 11.8 Å². The molecule has 0 aromatic heterocycles.